The number of rotatable bonds is 2. The van der Waals surface area contributed by atoms with E-state index in [-0.39, 0.29) is 5.69 Å². The minimum atomic E-state index is -0.975. The van der Waals surface area contributed by atoms with Crippen LogP contribution in [0.15, 0.2) is 12.1 Å². The molecule has 6 heteroatoms. The second kappa shape index (κ2) is 3.22. The van der Waals surface area contributed by atoms with E-state index < -0.39 is 5.97 Å². The highest BCUT2D eigenvalue weighted by Crippen LogP contribution is 2.20. The van der Waals surface area contributed by atoms with E-state index in [0.717, 1.165) is 0 Å². The van der Waals surface area contributed by atoms with Crippen molar-refractivity contribution in [2.75, 3.05) is 0 Å². The van der Waals surface area contributed by atoms with Crippen LogP contribution in [0.1, 0.15) is 16.3 Å². The second-order valence-electron chi connectivity index (χ2n) is 2.74. The van der Waals surface area contributed by atoms with Crippen LogP contribution in [0.4, 0.5) is 0 Å². The van der Waals surface area contributed by atoms with Crippen molar-refractivity contribution in [3.05, 3.63) is 23.7 Å². The number of hydrogen-bond acceptors (Lipinski definition) is 4. The van der Waals surface area contributed by atoms with Crippen LogP contribution in [0.5, 0.6) is 0 Å². The fraction of sp³-hybridized carbons (Fsp3) is 0.125. The molecule has 72 valence electrons. The standard InChI is InChI=1S/C8H7N3O2S/c1-4-9-7(14-11-4)5-2-3-6(10-5)8(12)13/h2-3,10H,1H3,(H,12,13). The van der Waals surface area contributed by atoms with Gasteiger partial charge in [0.1, 0.15) is 11.5 Å². The number of aromatic amines is 1. The summed E-state index contributed by atoms with van der Waals surface area (Å²) < 4.78 is 4.01. The summed E-state index contributed by atoms with van der Waals surface area (Å²) in [5.41, 5.74) is 0.848. The molecule has 0 unspecified atom stereocenters. The lowest BCUT2D eigenvalue weighted by Gasteiger charge is -1.88. The van der Waals surface area contributed by atoms with Gasteiger partial charge in [-0.3, -0.25) is 0 Å². The van der Waals surface area contributed by atoms with Crippen LogP contribution in [-0.4, -0.2) is 25.4 Å². The van der Waals surface area contributed by atoms with E-state index in [1.165, 1.54) is 17.6 Å². The molecule has 14 heavy (non-hydrogen) atoms. The molecule has 0 amide bonds. The Hall–Kier alpha value is -1.69. The highest BCUT2D eigenvalue weighted by molar-refractivity contribution is 7.09. The summed E-state index contributed by atoms with van der Waals surface area (Å²) >= 11 is 1.24. The summed E-state index contributed by atoms with van der Waals surface area (Å²) in [5, 5.41) is 9.39. The Morgan fingerprint density at radius 2 is 2.36 bits per heavy atom. The predicted octanol–water partition coefficient (Wildman–Crippen LogP) is 1.54. The van der Waals surface area contributed by atoms with Gasteiger partial charge in [0.05, 0.1) is 5.69 Å². The van der Waals surface area contributed by atoms with E-state index in [1.54, 1.807) is 13.0 Å². The molecular weight excluding hydrogens is 202 g/mol. The number of aryl methyl sites for hydroxylation is 1. The molecule has 0 fully saturated rings. The van der Waals surface area contributed by atoms with Gasteiger partial charge < -0.3 is 10.1 Å². The lowest BCUT2D eigenvalue weighted by molar-refractivity contribution is 0.0691. The molecule has 2 aromatic heterocycles. The van der Waals surface area contributed by atoms with Gasteiger partial charge in [-0.2, -0.15) is 4.37 Å². The maximum atomic E-state index is 10.6. The van der Waals surface area contributed by atoms with Gasteiger partial charge >= 0.3 is 5.97 Å². The van der Waals surface area contributed by atoms with Gasteiger partial charge in [-0.05, 0) is 30.6 Å². The first-order chi connectivity index (χ1) is 6.66. The summed E-state index contributed by atoms with van der Waals surface area (Å²) in [7, 11) is 0. The van der Waals surface area contributed by atoms with E-state index in [4.69, 9.17) is 5.11 Å². The number of H-pyrrole nitrogens is 1. The number of aromatic carboxylic acids is 1. The first-order valence-electron chi connectivity index (χ1n) is 3.90. The summed E-state index contributed by atoms with van der Waals surface area (Å²) in [6.07, 6.45) is 0. The molecule has 0 saturated heterocycles. The molecule has 5 nitrogen and oxygen atoms in total. The lowest BCUT2D eigenvalue weighted by atomic mass is 10.4. The van der Waals surface area contributed by atoms with Crippen LogP contribution in [-0.2, 0) is 0 Å². The van der Waals surface area contributed by atoms with Crippen molar-refractivity contribution in [2.24, 2.45) is 0 Å². The SMILES string of the molecule is Cc1nsc(-c2ccc(C(=O)O)[nH]2)n1. The van der Waals surface area contributed by atoms with Crippen LogP contribution in [0.3, 0.4) is 0 Å². The van der Waals surface area contributed by atoms with Crippen molar-refractivity contribution < 1.29 is 9.90 Å². The maximum Gasteiger partial charge on any atom is 0.352 e. The third-order valence-corrected chi connectivity index (χ3v) is 2.51. The Balaban J connectivity index is 2.38. The van der Waals surface area contributed by atoms with E-state index in [9.17, 15) is 4.79 Å². The summed E-state index contributed by atoms with van der Waals surface area (Å²) in [6, 6.07) is 3.19. The van der Waals surface area contributed by atoms with Gasteiger partial charge in [0, 0.05) is 0 Å². The lowest BCUT2D eigenvalue weighted by Crippen LogP contribution is -1.95. The van der Waals surface area contributed by atoms with Gasteiger partial charge in [0.25, 0.3) is 0 Å². The van der Waals surface area contributed by atoms with Crippen LogP contribution in [0, 0.1) is 6.92 Å². The van der Waals surface area contributed by atoms with Crippen molar-refractivity contribution in [1.82, 2.24) is 14.3 Å². The van der Waals surface area contributed by atoms with E-state index in [1.807, 2.05) is 0 Å². The van der Waals surface area contributed by atoms with Gasteiger partial charge in [-0.25, -0.2) is 9.78 Å². The normalized spacial score (nSPS) is 10.4. The van der Waals surface area contributed by atoms with Crippen molar-refractivity contribution in [3.63, 3.8) is 0 Å². The maximum absolute atomic E-state index is 10.6. The molecule has 2 aromatic rings. The van der Waals surface area contributed by atoms with Gasteiger partial charge in [-0.1, -0.05) is 0 Å². The predicted molar refractivity (Wildman–Crippen MR) is 51.4 cm³/mol. The van der Waals surface area contributed by atoms with Gasteiger partial charge in [0.15, 0.2) is 5.01 Å². The molecule has 0 radical (unpaired) electrons. The number of carbonyl (C=O) groups is 1. The first kappa shape index (κ1) is 8.89. The number of nitrogens with one attached hydrogen (secondary N) is 1. The summed E-state index contributed by atoms with van der Waals surface area (Å²) in [4.78, 5) is 17.5. The Kier molecular flexibility index (Phi) is 2.05. The average molecular weight is 209 g/mol. The first-order valence-corrected chi connectivity index (χ1v) is 4.67. The Morgan fingerprint density at radius 1 is 1.57 bits per heavy atom. The molecule has 0 aliphatic rings. The fourth-order valence-corrected chi connectivity index (χ4v) is 1.70. The Labute approximate surface area is 83.6 Å². The zero-order valence-electron chi connectivity index (χ0n) is 7.31. The van der Waals surface area contributed by atoms with E-state index >= 15 is 0 Å². The van der Waals surface area contributed by atoms with Gasteiger partial charge in [0.2, 0.25) is 0 Å². The largest absolute Gasteiger partial charge is 0.477 e. The average Bonchev–Trinajstić information content (AvgIpc) is 2.70. The van der Waals surface area contributed by atoms with E-state index in [2.05, 4.69) is 14.3 Å². The van der Waals surface area contributed by atoms with Crippen LogP contribution in [0.2, 0.25) is 0 Å². The van der Waals surface area contributed by atoms with Crippen molar-refractivity contribution in [2.45, 2.75) is 6.92 Å². The molecular formula is C8H7N3O2S. The minimum absolute atomic E-state index is 0.160. The minimum Gasteiger partial charge on any atom is -0.477 e. The van der Waals surface area contributed by atoms with Crippen LogP contribution >= 0.6 is 11.5 Å². The smallest absolute Gasteiger partial charge is 0.352 e. The van der Waals surface area contributed by atoms with E-state index in [0.29, 0.717) is 16.5 Å². The second-order valence-corrected chi connectivity index (χ2v) is 3.49. The molecule has 0 aliphatic heterocycles. The third-order valence-electron chi connectivity index (χ3n) is 1.67. The van der Waals surface area contributed by atoms with Crippen LogP contribution in [0.25, 0.3) is 10.7 Å². The molecule has 0 saturated carbocycles. The molecule has 2 rings (SSSR count). The Morgan fingerprint density at radius 3 is 2.86 bits per heavy atom. The van der Waals surface area contributed by atoms with Crippen LogP contribution < -0.4 is 0 Å². The van der Waals surface area contributed by atoms with Crippen molar-refractivity contribution >= 4 is 17.5 Å². The van der Waals surface area contributed by atoms with Crippen molar-refractivity contribution in [1.29, 1.82) is 0 Å². The zero-order chi connectivity index (χ0) is 10.1. The molecule has 2 N–H and O–H groups in total. The fourth-order valence-electron chi connectivity index (χ4n) is 1.05. The molecule has 2 heterocycles. The number of hydrogen-bond donors (Lipinski definition) is 2. The quantitative estimate of drug-likeness (QED) is 0.786. The number of carboxylic acid groups (broad SMARTS) is 1. The number of nitrogens with zero attached hydrogens (tertiary/aromatic N) is 2. The molecule has 0 aromatic carbocycles. The summed E-state index contributed by atoms with van der Waals surface area (Å²) in [5.74, 6) is -0.283. The number of aromatic nitrogens is 3. The molecule has 0 bridgehead atoms. The highest BCUT2D eigenvalue weighted by atomic mass is 32.1. The monoisotopic (exact) mass is 209 g/mol. The zero-order valence-corrected chi connectivity index (χ0v) is 8.13. The Bertz CT molecular complexity index is 474. The molecule has 0 spiro atoms. The van der Waals surface area contributed by atoms with Crippen molar-refractivity contribution in [3.8, 4) is 10.7 Å². The third kappa shape index (κ3) is 1.51. The topological polar surface area (TPSA) is 78.9 Å². The molecule has 0 atom stereocenters. The number of carboxylic acids is 1. The highest BCUT2D eigenvalue weighted by Gasteiger charge is 2.09. The molecule has 0 aliphatic carbocycles. The van der Waals surface area contributed by atoms with Gasteiger partial charge in [-0.15, -0.1) is 0 Å². The summed E-state index contributed by atoms with van der Waals surface area (Å²) in [6.45, 7) is 1.79.